The molecule has 1 aliphatic heterocycles. The molecular formula is C14H18FNO2. The summed E-state index contributed by atoms with van der Waals surface area (Å²) in [6.45, 7) is 4.70. The van der Waals surface area contributed by atoms with E-state index in [0.717, 1.165) is 5.56 Å². The number of benzene rings is 1. The topological polar surface area (TPSA) is 40.5 Å². The minimum atomic E-state index is -0.482. The van der Waals surface area contributed by atoms with Gasteiger partial charge in [0.1, 0.15) is 5.82 Å². The molecule has 0 radical (unpaired) electrons. The zero-order chi connectivity index (χ0) is 13.3. The van der Waals surface area contributed by atoms with Gasteiger partial charge >= 0.3 is 0 Å². The van der Waals surface area contributed by atoms with E-state index < -0.39 is 5.82 Å². The maximum atomic E-state index is 13.7. The van der Waals surface area contributed by atoms with Gasteiger partial charge in [0.2, 0.25) is 0 Å². The molecule has 3 nitrogen and oxygen atoms in total. The molecule has 2 rings (SSSR count). The van der Waals surface area contributed by atoms with E-state index in [-0.39, 0.29) is 23.5 Å². The summed E-state index contributed by atoms with van der Waals surface area (Å²) >= 11 is 0. The Bertz CT molecular complexity index is 461. The second kappa shape index (κ2) is 5.06. The number of likely N-dealkylation sites (tertiary alicyclic amines) is 1. The van der Waals surface area contributed by atoms with Gasteiger partial charge in [0.15, 0.2) is 0 Å². The van der Waals surface area contributed by atoms with Crippen molar-refractivity contribution in [3.63, 3.8) is 0 Å². The maximum absolute atomic E-state index is 13.7. The summed E-state index contributed by atoms with van der Waals surface area (Å²) in [4.78, 5) is 13.8. The molecule has 98 valence electrons. The number of carbonyl (C=O) groups excluding carboxylic acids is 1. The third-order valence-corrected chi connectivity index (χ3v) is 3.50. The van der Waals surface area contributed by atoms with Crippen molar-refractivity contribution in [2.24, 2.45) is 5.92 Å². The zero-order valence-electron chi connectivity index (χ0n) is 10.7. The van der Waals surface area contributed by atoms with Gasteiger partial charge in [-0.25, -0.2) is 4.39 Å². The average Bonchev–Trinajstić information content (AvgIpc) is 2.35. The number of rotatable bonds is 1. The van der Waals surface area contributed by atoms with Crippen molar-refractivity contribution in [2.45, 2.75) is 26.4 Å². The molecule has 1 heterocycles. The molecule has 2 unspecified atom stereocenters. The van der Waals surface area contributed by atoms with Crippen LogP contribution in [0.3, 0.4) is 0 Å². The van der Waals surface area contributed by atoms with Crippen LogP contribution < -0.4 is 0 Å². The van der Waals surface area contributed by atoms with Crippen LogP contribution in [0, 0.1) is 18.7 Å². The lowest BCUT2D eigenvalue weighted by molar-refractivity contribution is 0.0295. The summed E-state index contributed by atoms with van der Waals surface area (Å²) in [5, 5.41) is 9.63. The molecule has 0 spiro atoms. The quantitative estimate of drug-likeness (QED) is 0.829. The summed E-state index contributed by atoms with van der Waals surface area (Å²) < 4.78 is 13.7. The van der Waals surface area contributed by atoms with Crippen LogP contribution in [0.1, 0.15) is 29.3 Å². The van der Waals surface area contributed by atoms with E-state index >= 15 is 0 Å². The van der Waals surface area contributed by atoms with Crippen molar-refractivity contribution in [1.29, 1.82) is 0 Å². The van der Waals surface area contributed by atoms with Crippen LogP contribution in [-0.4, -0.2) is 35.1 Å². The number of halogens is 1. The molecule has 1 fully saturated rings. The first-order chi connectivity index (χ1) is 8.49. The minimum Gasteiger partial charge on any atom is -0.393 e. The van der Waals surface area contributed by atoms with E-state index in [0.29, 0.717) is 19.5 Å². The van der Waals surface area contributed by atoms with Crippen LogP contribution >= 0.6 is 0 Å². The molecule has 2 atom stereocenters. The summed E-state index contributed by atoms with van der Waals surface area (Å²) in [5.41, 5.74) is 0.989. The SMILES string of the molecule is Cc1ccc(F)c(C(=O)N2CCC(O)C(C)C2)c1. The van der Waals surface area contributed by atoms with Crippen molar-refractivity contribution in [2.75, 3.05) is 13.1 Å². The fraction of sp³-hybridized carbons (Fsp3) is 0.500. The van der Waals surface area contributed by atoms with Gasteiger partial charge in [0.25, 0.3) is 5.91 Å². The van der Waals surface area contributed by atoms with Crippen LogP contribution in [0.2, 0.25) is 0 Å². The number of nitrogens with zero attached hydrogens (tertiary/aromatic N) is 1. The Morgan fingerprint density at radius 1 is 1.50 bits per heavy atom. The Balaban J connectivity index is 2.19. The smallest absolute Gasteiger partial charge is 0.256 e. The minimum absolute atomic E-state index is 0.0376. The van der Waals surface area contributed by atoms with Gasteiger partial charge in [-0.05, 0) is 31.4 Å². The first-order valence-electron chi connectivity index (χ1n) is 6.22. The number of aryl methyl sites for hydroxylation is 1. The first-order valence-corrected chi connectivity index (χ1v) is 6.22. The Kier molecular flexibility index (Phi) is 3.66. The summed E-state index contributed by atoms with van der Waals surface area (Å²) in [7, 11) is 0. The van der Waals surface area contributed by atoms with Crippen LogP contribution in [0.4, 0.5) is 4.39 Å². The lowest BCUT2D eigenvalue weighted by Gasteiger charge is -2.34. The predicted octanol–water partition coefficient (Wildman–Crippen LogP) is 1.98. The number of aliphatic hydroxyl groups is 1. The molecule has 18 heavy (non-hydrogen) atoms. The standard InChI is InChI=1S/C14H18FNO2/c1-9-3-4-12(15)11(7-9)14(18)16-6-5-13(17)10(2)8-16/h3-4,7,10,13,17H,5-6,8H2,1-2H3. The largest absolute Gasteiger partial charge is 0.393 e. The van der Waals surface area contributed by atoms with Crippen molar-refractivity contribution in [3.8, 4) is 0 Å². The fourth-order valence-electron chi connectivity index (χ4n) is 2.29. The monoisotopic (exact) mass is 251 g/mol. The summed E-state index contributed by atoms with van der Waals surface area (Å²) in [6.07, 6.45) is 0.191. The molecule has 1 aliphatic rings. The molecule has 1 aromatic carbocycles. The highest BCUT2D eigenvalue weighted by molar-refractivity contribution is 5.94. The van der Waals surface area contributed by atoms with Crippen LogP contribution in [-0.2, 0) is 0 Å². The number of piperidine rings is 1. The van der Waals surface area contributed by atoms with Crippen molar-refractivity contribution in [3.05, 3.63) is 35.1 Å². The van der Waals surface area contributed by atoms with E-state index in [1.165, 1.54) is 6.07 Å². The van der Waals surface area contributed by atoms with Gasteiger partial charge in [-0.2, -0.15) is 0 Å². The van der Waals surface area contributed by atoms with Crippen molar-refractivity contribution < 1.29 is 14.3 Å². The molecule has 0 saturated carbocycles. The second-order valence-electron chi connectivity index (χ2n) is 5.07. The van der Waals surface area contributed by atoms with E-state index in [1.807, 2.05) is 13.8 Å². The first kappa shape index (κ1) is 13.0. The van der Waals surface area contributed by atoms with Crippen molar-refractivity contribution >= 4 is 5.91 Å². The third kappa shape index (κ3) is 2.53. The Morgan fingerprint density at radius 3 is 2.89 bits per heavy atom. The Labute approximate surface area is 106 Å². The average molecular weight is 251 g/mol. The zero-order valence-corrected chi connectivity index (χ0v) is 10.7. The van der Waals surface area contributed by atoms with Gasteiger partial charge in [0.05, 0.1) is 11.7 Å². The number of hydrogen-bond donors (Lipinski definition) is 1. The number of amides is 1. The normalized spacial score (nSPS) is 24.1. The predicted molar refractivity (Wildman–Crippen MR) is 66.8 cm³/mol. The highest BCUT2D eigenvalue weighted by Crippen LogP contribution is 2.20. The molecule has 4 heteroatoms. The number of carbonyl (C=O) groups is 1. The maximum Gasteiger partial charge on any atom is 0.256 e. The third-order valence-electron chi connectivity index (χ3n) is 3.50. The molecule has 1 amide bonds. The number of hydrogen-bond acceptors (Lipinski definition) is 2. The highest BCUT2D eigenvalue weighted by atomic mass is 19.1. The second-order valence-corrected chi connectivity index (χ2v) is 5.07. The van der Waals surface area contributed by atoms with Gasteiger partial charge in [-0.15, -0.1) is 0 Å². The van der Waals surface area contributed by atoms with Crippen LogP contribution in [0.15, 0.2) is 18.2 Å². The molecule has 1 N–H and O–H groups in total. The molecule has 0 aromatic heterocycles. The highest BCUT2D eigenvalue weighted by Gasteiger charge is 2.28. The Hall–Kier alpha value is -1.42. The van der Waals surface area contributed by atoms with E-state index in [4.69, 9.17) is 0 Å². The fourth-order valence-corrected chi connectivity index (χ4v) is 2.29. The summed E-state index contributed by atoms with van der Waals surface area (Å²) in [6, 6.07) is 4.55. The van der Waals surface area contributed by atoms with Gasteiger partial charge < -0.3 is 10.0 Å². The Morgan fingerprint density at radius 2 is 2.22 bits per heavy atom. The molecular weight excluding hydrogens is 233 g/mol. The molecule has 1 saturated heterocycles. The summed E-state index contributed by atoms with van der Waals surface area (Å²) in [5.74, 6) is -0.727. The molecule has 1 aromatic rings. The lowest BCUT2D eigenvalue weighted by atomic mass is 9.96. The van der Waals surface area contributed by atoms with Crippen molar-refractivity contribution in [1.82, 2.24) is 4.90 Å². The number of aliphatic hydroxyl groups excluding tert-OH is 1. The van der Waals surface area contributed by atoms with E-state index in [9.17, 15) is 14.3 Å². The van der Waals surface area contributed by atoms with Gasteiger partial charge in [0, 0.05) is 13.1 Å². The van der Waals surface area contributed by atoms with Gasteiger partial charge in [-0.1, -0.05) is 18.6 Å². The van der Waals surface area contributed by atoms with Crippen LogP contribution in [0.5, 0.6) is 0 Å². The molecule has 0 aliphatic carbocycles. The van der Waals surface area contributed by atoms with Crippen LogP contribution in [0.25, 0.3) is 0 Å². The van der Waals surface area contributed by atoms with E-state index in [2.05, 4.69) is 0 Å². The lowest BCUT2D eigenvalue weighted by Crippen LogP contribution is -2.45. The molecule has 0 bridgehead atoms. The van der Waals surface area contributed by atoms with Gasteiger partial charge in [-0.3, -0.25) is 4.79 Å². The van der Waals surface area contributed by atoms with E-state index in [1.54, 1.807) is 17.0 Å².